The van der Waals surface area contributed by atoms with Gasteiger partial charge < -0.3 is 15.3 Å². The van der Waals surface area contributed by atoms with Gasteiger partial charge in [0.1, 0.15) is 4.88 Å². The molecule has 1 aliphatic heterocycles. The van der Waals surface area contributed by atoms with E-state index in [9.17, 15) is 9.59 Å². The van der Waals surface area contributed by atoms with Crippen molar-refractivity contribution in [1.82, 2.24) is 5.32 Å². The van der Waals surface area contributed by atoms with Crippen LogP contribution in [0.1, 0.15) is 22.5 Å². The van der Waals surface area contributed by atoms with Gasteiger partial charge in [-0.05, 0) is 25.0 Å². The quantitative estimate of drug-likeness (QED) is 0.869. The molecule has 1 aromatic heterocycles. The van der Waals surface area contributed by atoms with E-state index in [1.54, 1.807) is 13.1 Å². The number of hydrogen-bond donors (Lipinski definition) is 2. The first kappa shape index (κ1) is 12.9. The molecule has 0 aliphatic carbocycles. The molecule has 1 saturated heterocycles. The number of piperidine rings is 1. The lowest BCUT2D eigenvalue weighted by Crippen LogP contribution is -2.41. The number of aromatic carboxylic acids is 1. The fourth-order valence-corrected chi connectivity index (χ4v) is 3.09. The van der Waals surface area contributed by atoms with Crippen LogP contribution in [0.2, 0.25) is 0 Å². The lowest BCUT2D eigenvalue weighted by atomic mass is 9.97. The Morgan fingerprint density at radius 3 is 2.89 bits per heavy atom. The molecule has 0 aromatic carbocycles. The summed E-state index contributed by atoms with van der Waals surface area (Å²) in [6, 6.07) is 3.44. The Morgan fingerprint density at radius 2 is 2.28 bits per heavy atom. The van der Waals surface area contributed by atoms with Crippen molar-refractivity contribution in [3.63, 3.8) is 0 Å². The molecule has 0 radical (unpaired) electrons. The smallest absolute Gasteiger partial charge is 0.345 e. The van der Waals surface area contributed by atoms with E-state index < -0.39 is 5.97 Å². The van der Waals surface area contributed by atoms with Gasteiger partial charge in [0.15, 0.2) is 0 Å². The summed E-state index contributed by atoms with van der Waals surface area (Å²) in [5, 5.41) is 12.5. The van der Waals surface area contributed by atoms with Crippen molar-refractivity contribution in [2.24, 2.45) is 5.92 Å². The monoisotopic (exact) mass is 268 g/mol. The number of anilines is 1. The number of thiophene rings is 1. The van der Waals surface area contributed by atoms with E-state index in [4.69, 9.17) is 5.11 Å². The van der Waals surface area contributed by atoms with Crippen LogP contribution in [0.5, 0.6) is 0 Å². The van der Waals surface area contributed by atoms with Crippen LogP contribution < -0.4 is 10.2 Å². The van der Waals surface area contributed by atoms with Gasteiger partial charge in [0.25, 0.3) is 0 Å². The van der Waals surface area contributed by atoms with Crippen LogP contribution in [0.25, 0.3) is 0 Å². The third-order valence-corrected chi connectivity index (χ3v) is 4.29. The summed E-state index contributed by atoms with van der Waals surface area (Å²) in [5.74, 6) is -0.833. The minimum atomic E-state index is -0.897. The highest BCUT2D eigenvalue weighted by Crippen LogP contribution is 2.30. The predicted molar refractivity (Wildman–Crippen MR) is 70.3 cm³/mol. The van der Waals surface area contributed by atoms with Gasteiger partial charge in [-0.2, -0.15) is 0 Å². The summed E-state index contributed by atoms with van der Waals surface area (Å²) in [6.07, 6.45) is 1.85. The van der Waals surface area contributed by atoms with Gasteiger partial charge in [-0.15, -0.1) is 11.3 Å². The van der Waals surface area contributed by atoms with Crippen molar-refractivity contribution in [1.29, 1.82) is 0 Å². The number of nitrogens with one attached hydrogen (secondary N) is 1. The molecule has 1 aromatic rings. The Morgan fingerprint density at radius 1 is 1.50 bits per heavy atom. The lowest BCUT2D eigenvalue weighted by Gasteiger charge is -2.32. The Balaban J connectivity index is 2.08. The fourth-order valence-electron chi connectivity index (χ4n) is 2.21. The van der Waals surface area contributed by atoms with E-state index in [-0.39, 0.29) is 11.8 Å². The van der Waals surface area contributed by atoms with Crippen LogP contribution in [0.3, 0.4) is 0 Å². The summed E-state index contributed by atoms with van der Waals surface area (Å²) >= 11 is 1.26. The van der Waals surface area contributed by atoms with E-state index in [0.29, 0.717) is 11.4 Å². The molecule has 18 heavy (non-hydrogen) atoms. The van der Waals surface area contributed by atoms with E-state index >= 15 is 0 Å². The Bertz CT molecular complexity index is 458. The van der Waals surface area contributed by atoms with Gasteiger partial charge in [0.2, 0.25) is 5.91 Å². The van der Waals surface area contributed by atoms with Crippen LogP contribution in [-0.4, -0.2) is 37.1 Å². The van der Waals surface area contributed by atoms with Gasteiger partial charge in [0.05, 0.1) is 10.9 Å². The van der Waals surface area contributed by atoms with Crippen molar-refractivity contribution in [2.75, 3.05) is 25.0 Å². The summed E-state index contributed by atoms with van der Waals surface area (Å²) < 4.78 is 0. The number of carboxylic acid groups (broad SMARTS) is 1. The standard InChI is InChI=1S/C12H16N2O3S/c1-13-11(15)8-3-2-6-14(7-8)10-5-4-9(18-10)12(16)17/h4-5,8H,2-3,6-7H2,1H3,(H,13,15)(H,16,17). The number of hydrogen-bond acceptors (Lipinski definition) is 4. The number of amides is 1. The molecule has 2 heterocycles. The predicted octanol–water partition coefficient (Wildman–Crippen LogP) is 1.41. The zero-order chi connectivity index (χ0) is 13.1. The molecule has 0 spiro atoms. The van der Waals surface area contributed by atoms with E-state index in [1.165, 1.54) is 11.3 Å². The largest absolute Gasteiger partial charge is 0.477 e. The van der Waals surface area contributed by atoms with E-state index in [0.717, 1.165) is 24.4 Å². The first-order valence-corrected chi connectivity index (χ1v) is 6.73. The maximum Gasteiger partial charge on any atom is 0.345 e. The number of carboxylic acids is 1. The summed E-state index contributed by atoms with van der Waals surface area (Å²) in [6.45, 7) is 1.55. The molecule has 0 bridgehead atoms. The molecule has 6 heteroatoms. The molecular weight excluding hydrogens is 252 g/mol. The summed E-state index contributed by atoms with van der Waals surface area (Å²) in [7, 11) is 1.65. The third kappa shape index (κ3) is 2.64. The van der Waals surface area contributed by atoms with Gasteiger partial charge in [-0.1, -0.05) is 0 Å². The second kappa shape index (κ2) is 5.39. The van der Waals surface area contributed by atoms with Gasteiger partial charge in [-0.3, -0.25) is 4.79 Å². The Hall–Kier alpha value is -1.56. The minimum absolute atomic E-state index is 0.000807. The molecule has 1 amide bonds. The van der Waals surface area contributed by atoms with Gasteiger partial charge >= 0.3 is 5.97 Å². The minimum Gasteiger partial charge on any atom is -0.477 e. The SMILES string of the molecule is CNC(=O)C1CCCN(c2ccc(C(=O)O)s2)C1. The number of rotatable bonds is 3. The zero-order valence-corrected chi connectivity index (χ0v) is 11.0. The average molecular weight is 268 g/mol. The second-order valence-electron chi connectivity index (χ2n) is 4.34. The van der Waals surface area contributed by atoms with Crippen LogP contribution >= 0.6 is 11.3 Å². The van der Waals surface area contributed by atoms with Gasteiger partial charge in [0, 0.05) is 20.1 Å². The van der Waals surface area contributed by atoms with E-state index in [2.05, 4.69) is 10.2 Å². The van der Waals surface area contributed by atoms with Crippen molar-refractivity contribution in [3.05, 3.63) is 17.0 Å². The van der Waals surface area contributed by atoms with Crippen LogP contribution in [0.15, 0.2) is 12.1 Å². The fraction of sp³-hybridized carbons (Fsp3) is 0.500. The van der Waals surface area contributed by atoms with Crippen LogP contribution in [-0.2, 0) is 4.79 Å². The first-order valence-electron chi connectivity index (χ1n) is 5.91. The maximum atomic E-state index is 11.6. The van der Waals surface area contributed by atoms with Gasteiger partial charge in [-0.25, -0.2) is 4.79 Å². The molecule has 1 aliphatic rings. The number of carbonyl (C=O) groups excluding carboxylic acids is 1. The molecule has 5 nitrogen and oxygen atoms in total. The highest BCUT2D eigenvalue weighted by atomic mass is 32.1. The highest BCUT2D eigenvalue weighted by molar-refractivity contribution is 7.17. The van der Waals surface area contributed by atoms with Crippen LogP contribution in [0.4, 0.5) is 5.00 Å². The molecule has 1 unspecified atom stereocenters. The third-order valence-electron chi connectivity index (χ3n) is 3.15. The van der Waals surface area contributed by atoms with Crippen molar-refractivity contribution >= 4 is 28.2 Å². The normalized spacial score (nSPS) is 19.6. The van der Waals surface area contributed by atoms with Crippen molar-refractivity contribution < 1.29 is 14.7 Å². The molecule has 2 N–H and O–H groups in total. The molecule has 98 valence electrons. The van der Waals surface area contributed by atoms with E-state index in [1.807, 2.05) is 6.07 Å². The van der Waals surface area contributed by atoms with Crippen molar-refractivity contribution in [2.45, 2.75) is 12.8 Å². The molecule has 0 saturated carbocycles. The van der Waals surface area contributed by atoms with Crippen molar-refractivity contribution in [3.8, 4) is 0 Å². The number of carbonyl (C=O) groups is 2. The Kier molecular flexibility index (Phi) is 3.86. The average Bonchev–Trinajstić information content (AvgIpc) is 2.88. The zero-order valence-electron chi connectivity index (χ0n) is 10.2. The summed E-state index contributed by atoms with van der Waals surface area (Å²) in [4.78, 5) is 24.9. The second-order valence-corrected chi connectivity index (χ2v) is 5.40. The highest BCUT2D eigenvalue weighted by Gasteiger charge is 2.26. The van der Waals surface area contributed by atoms with Crippen LogP contribution in [0, 0.1) is 5.92 Å². The topological polar surface area (TPSA) is 69.6 Å². The molecule has 1 atom stereocenters. The Labute approximate surface area is 109 Å². The first-order chi connectivity index (χ1) is 8.61. The maximum absolute atomic E-state index is 11.6. The molecule has 1 fully saturated rings. The molecular formula is C12H16N2O3S. The molecule has 2 rings (SSSR count). The summed E-state index contributed by atoms with van der Waals surface area (Å²) in [5.41, 5.74) is 0. The number of nitrogens with zero attached hydrogens (tertiary/aromatic N) is 1. The lowest BCUT2D eigenvalue weighted by molar-refractivity contribution is -0.124.